The van der Waals surface area contributed by atoms with Gasteiger partial charge in [0.05, 0.1) is 22.6 Å². The molecule has 0 saturated heterocycles. The summed E-state index contributed by atoms with van der Waals surface area (Å²) in [4.78, 5) is 15.3. The van der Waals surface area contributed by atoms with Gasteiger partial charge in [-0.05, 0) is 47.9 Å². The summed E-state index contributed by atoms with van der Waals surface area (Å²) in [5.74, 6) is -0.312. The molecule has 2 rings (SSSR count). The summed E-state index contributed by atoms with van der Waals surface area (Å²) < 4.78 is 29.5. The van der Waals surface area contributed by atoms with Crippen molar-refractivity contribution < 1.29 is 18.7 Å². The molecule has 0 amide bonds. The molecule has 0 aliphatic carbocycles. The Morgan fingerprint density at radius 1 is 0.744 bits per heavy atom. The molecule has 2 aromatic rings. The molecule has 0 saturated carbocycles. The Morgan fingerprint density at radius 3 is 1.41 bits per heavy atom. The van der Waals surface area contributed by atoms with Crippen molar-refractivity contribution in [1.82, 2.24) is 0 Å². The lowest BCUT2D eigenvalue weighted by Gasteiger charge is -2.30. The number of nitrogen functional groups attached to an aromatic ring is 1. The molecule has 2 aromatic carbocycles. The minimum Gasteiger partial charge on any atom is -0.478 e. The molecule has 0 aliphatic heterocycles. The van der Waals surface area contributed by atoms with Gasteiger partial charge in [0.2, 0.25) is 0 Å². The number of benzene rings is 2. The van der Waals surface area contributed by atoms with Crippen molar-refractivity contribution >= 4 is 54.9 Å². The molecule has 0 aliphatic rings. The fraction of sp³-hybridized carbons (Fsp3) is 0.567. The van der Waals surface area contributed by atoms with Crippen LogP contribution in [0.4, 0.5) is 25.8 Å². The van der Waals surface area contributed by atoms with Gasteiger partial charge in [-0.15, -0.1) is 0 Å². The lowest BCUT2D eigenvalue weighted by Crippen LogP contribution is -2.33. The zero-order valence-electron chi connectivity index (χ0n) is 23.8. The predicted octanol–water partition coefficient (Wildman–Crippen LogP) is 9.33. The van der Waals surface area contributed by atoms with Gasteiger partial charge in [0.1, 0.15) is 11.6 Å². The number of hydrogen-bond donors (Lipinski definition) is 2. The molecule has 0 aromatic heterocycles. The van der Waals surface area contributed by atoms with Crippen molar-refractivity contribution in [2.75, 3.05) is 41.7 Å². The van der Waals surface area contributed by atoms with E-state index in [1.54, 1.807) is 6.07 Å². The summed E-state index contributed by atoms with van der Waals surface area (Å²) in [6.45, 7) is 19.5. The SMILES string of the molecule is C.CC(C)CN(CC(C)C)c1c(F)cc(Br)cc1C(=O)O.CC(C)CN(CC(C)C)c1c(N)cc(Br)cc1F. The molecule has 39 heavy (non-hydrogen) atoms. The van der Waals surface area contributed by atoms with E-state index in [0.717, 1.165) is 13.1 Å². The number of carbonyl (C=O) groups is 1. The zero-order chi connectivity index (χ0) is 29.3. The molecular weight excluding hydrogens is 632 g/mol. The average Bonchev–Trinajstić information content (AvgIpc) is 2.70. The number of aromatic carboxylic acids is 1. The number of rotatable bonds is 11. The molecule has 9 heteroatoms. The van der Waals surface area contributed by atoms with E-state index < -0.39 is 11.8 Å². The van der Waals surface area contributed by atoms with Crippen LogP contribution in [0.3, 0.4) is 0 Å². The first-order chi connectivity index (χ1) is 17.5. The van der Waals surface area contributed by atoms with E-state index in [2.05, 4.69) is 59.6 Å². The van der Waals surface area contributed by atoms with Crippen LogP contribution in [-0.2, 0) is 0 Å². The highest BCUT2D eigenvalue weighted by Gasteiger charge is 2.23. The Bertz CT molecular complexity index is 1020. The smallest absolute Gasteiger partial charge is 0.337 e. The van der Waals surface area contributed by atoms with Crippen LogP contribution in [0.15, 0.2) is 33.2 Å². The molecule has 0 atom stereocenters. The zero-order valence-corrected chi connectivity index (χ0v) is 27.0. The summed E-state index contributed by atoms with van der Waals surface area (Å²) >= 11 is 6.40. The first-order valence-corrected chi connectivity index (χ1v) is 14.6. The van der Waals surface area contributed by atoms with Crippen LogP contribution in [0.25, 0.3) is 0 Å². The number of hydrogen-bond acceptors (Lipinski definition) is 4. The minimum atomic E-state index is -1.11. The van der Waals surface area contributed by atoms with Gasteiger partial charge in [0, 0.05) is 35.1 Å². The van der Waals surface area contributed by atoms with E-state index in [1.165, 1.54) is 18.2 Å². The quantitative estimate of drug-likeness (QED) is 0.232. The molecule has 0 spiro atoms. The van der Waals surface area contributed by atoms with Crippen molar-refractivity contribution in [3.63, 3.8) is 0 Å². The van der Waals surface area contributed by atoms with E-state index in [0.29, 0.717) is 57.1 Å². The standard InChI is InChI=1S/C15H21BrFNO2.C14H22BrFN2.CH4/c1-9(2)7-18(8-10(3)4)14-12(15(19)20)5-11(16)6-13(14)17;1-9(2)7-18(8-10(3)4)14-12(16)5-11(15)6-13(14)17;/h5-6,9-10H,7-8H2,1-4H3,(H,19,20);5-6,9-10H,7-8,17H2,1-4H3;1H4. The lowest BCUT2D eigenvalue weighted by atomic mass is 10.1. The summed E-state index contributed by atoms with van der Waals surface area (Å²) in [5, 5.41) is 9.32. The molecule has 222 valence electrons. The van der Waals surface area contributed by atoms with Crippen molar-refractivity contribution in [2.24, 2.45) is 23.7 Å². The van der Waals surface area contributed by atoms with Crippen LogP contribution in [-0.4, -0.2) is 37.3 Å². The van der Waals surface area contributed by atoms with Gasteiger partial charge in [-0.1, -0.05) is 94.7 Å². The van der Waals surface area contributed by atoms with Crippen molar-refractivity contribution in [3.8, 4) is 0 Å². The van der Waals surface area contributed by atoms with Crippen molar-refractivity contribution in [2.45, 2.75) is 62.8 Å². The van der Waals surface area contributed by atoms with Crippen molar-refractivity contribution in [1.29, 1.82) is 0 Å². The molecule has 0 fully saturated rings. The van der Waals surface area contributed by atoms with Crippen LogP contribution >= 0.6 is 31.9 Å². The maximum atomic E-state index is 14.3. The van der Waals surface area contributed by atoms with E-state index in [4.69, 9.17) is 5.73 Å². The van der Waals surface area contributed by atoms with E-state index in [9.17, 15) is 18.7 Å². The second-order valence-corrected chi connectivity index (χ2v) is 13.1. The van der Waals surface area contributed by atoms with Crippen LogP contribution in [0, 0.1) is 35.3 Å². The van der Waals surface area contributed by atoms with Gasteiger partial charge in [-0.2, -0.15) is 0 Å². The maximum Gasteiger partial charge on any atom is 0.337 e. The summed E-state index contributed by atoms with van der Waals surface area (Å²) in [7, 11) is 0. The van der Waals surface area contributed by atoms with Gasteiger partial charge >= 0.3 is 5.97 Å². The summed E-state index contributed by atoms with van der Waals surface area (Å²) in [5.41, 5.74) is 7.16. The normalized spacial score (nSPS) is 11.0. The highest BCUT2D eigenvalue weighted by atomic mass is 79.9. The number of carboxylic acids is 1. The number of carboxylic acid groups (broad SMARTS) is 1. The number of nitrogens with two attached hydrogens (primary N) is 1. The summed E-state index contributed by atoms with van der Waals surface area (Å²) in [6.07, 6.45) is 0. The topological polar surface area (TPSA) is 69.8 Å². The third-order valence-electron chi connectivity index (χ3n) is 5.29. The van der Waals surface area contributed by atoms with E-state index in [-0.39, 0.29) is 24.5 Å². The predicted molar refractivity (Wildman–Crippen MR) is 170 cm³/mol. The molecule has 0 unspecified atom stereocenters. The minimum absolute atomic E-state index is 0. The maximum absolute atomic E-state index is 14.3. The fourth-order valence-corrected chi connectivity index (χ4v) is 5.12. The number of anilines is 3. The summed E-state index contributed by atoms with van der Waals surface area (Å²) in [6, 6.07) is 6.00. The van der Waals surface area contributed by atoms with Crippen LogP contribution < -0.4 is 15.5 Å². The molecule has 5 nitrogen and oxygen atoms in total. The van der Waals surface area contributed by atoms with Crippen molar-refractivity contribution in [3.05, 3.63) is 50.4 Å². The van der Waals surface area contributed by atoms with Gasteiger partial charge < -0.3 is 20.6 Å². The van der Waals surface area contributed by atoms with E-state index in [1.807, 2.05) is 37.5 Å². The second-order valence-electron chi connectivity index (χ2n) is 11.3. The Morgan fingerprint density at radius 2 is 1.08 bits per heavy atom. The van der Waals surface area contributed by atoms with Gasteiger partial charge in [0.15, 0.2) is 0 Å². The molecule has 0 bridgehead atoms. The fourth-order valence-electron chi connectivity index (χ4n) is 4.25. The molecular formula is C30H47Br2F2N3O2. The highest BCUT2D eigenvalue weighted by Crippen LogP contribution is 2.32. The van der Waals surface area contributed by atoms with Crippen LogP contribution in [0.2, 0.25) is 0 Å². The van der Waals surface area contributed by atoms with E-state index >= 15 is 0 Å². The average molecular weight is 680 g/mol. The van der Waals surface area contributed by atoms with Gasteiger partial charge in [-0.3, -0.25) is 0 Å². The Hall–Kier alpha value is -1.87. The Balaban J connectivity index is 0.000000726. The highest BCUT2D eigenvalue weighted by molar-refractivity contribution is 9.10. The second kappa shape index (κ2) is 17.1. The van der Waals surface area contributed by atoms with Crippen LogP contribution in [0.1, 0.15) is 73.2 Å². The van der Waals surface area contributed by atoms with Gasteiger partial charge in [0.25, 0.3) is 0 Å². The number of nitrogens with zero attached hydrogens (tertiary/aromatic N) is 2. The molecule has 0 radical (unpaired) electrons. The third-order valence-corrected chi connectivity index (χ3v) is 6.21. The van der Waals surface area contributed by atoms with Gasteiger partial charge in [-0.25, -0.2) is 13.6 Å². The Labute approximate surface area is 251 Å². The third kappa shape index (κ3) is 12.5. The largest absolute Gasteiger partial charge is 0.478 e. The molecule has 0 heterocycles. The first-order valence-electron chi connectivity index (χ1n) is 13.0. The first kappa shape index (κ1) is 37.1. The number of halogens is 4. The van der Waals surface area contributed by atoms with Crippen LogP contribution in [0.5, 0.6) is 0 Å². The Kier molecular flexibility index (Phi) is 16.2. The monoisotopic (exact) mass is 677 g/mol. The molecule has 3 N–H and O–H groups in total. The lowest BCUT2D eigenvalue weighted by molar-refractivity contribution is 0.0696.